The van der Waals surface area contributed by atoms with Crippen molar-refractivity contribution in [1.29, 1.82) is 0 Å². The lowest BCUT2D eigenvalue weighted by Crippen LogP contribution is -2.45. The summed E-state index contributed by atoms with van der Waals surface area (Å²) in [5.74, 6) is 0.536. The third kappa shape index (κ3) is 4.49. The molecule has 8 nitrogen and oxygen atoms in total. The van der Waals surface area contributed by atoms with Crippen LogP contribution in [0.4, 0.5) is 11.6 Å². The van der Waals surface area contributed by atoms with Crippen LogP contribution in [0.2, 0.25) is 0 Å². The number of para-hydroxylation sites is 2. The Bertz CT molecular complexity index is 840. The van der Waals surface area contributed by atoms with Crippen molar-refractivity contribution < 1.29 is 19.0 Å². The summed E-state index contributed by atoms with van der Waals surface area (Å²) in [6.45, 7) is 6.71. The summed E-state index contributed by atoms with van der Waals surface area (Å²) < 4.78 is 17.3. The number of amides is 1. The molecule has 2 saturated heterocycles. The van der Waals surface area contributed by atoms with Gasteiger partial charge in [-0.25, -0.2) is 9.97 Å². The van der Waals surface area contributed by atoms with E-state index in [4.69, 9.17) is 14.2 Å². The molecule has 2 aliphatic rings. The average Bonchev–Trinajstić information content (AvgIpc) is 3.18. The Morgan fingerprint density at radius 3 is 2.45 bits per heavy atom. The minimum atomic E-state index is -0.429. The van der Waals surface area contributed by atoms with E-state index in [9.17, 15) is 4.79 Å². The molecule has 0 saturated carbocycles. The fourth-order valence-electron chi connectivity index (χ4n) is 3.56. The highest BCUT2D eigenvalue weighted by molar-refractivity contribution is 6.04. The molecule has 1 aromatic heterocycles. The first-order chi connectivity index (χ1) is 14.0. The number of aromatic nitrogens is 2. The number of nitrogens with one attached hydrogen (secondary N) is 1. The molecule has 1 aromatic carbocycles. The maximum atomic E-state index is 12.6. The van der Waals surface area contributed by atoms with E-state index in [0.29, 0.717) is 36.2 Å². The first-order valence-electron chi connectivity index (χ1n) is 9.97. The standard InChI is InChI=1S/C21H26N4O4/c1-15(2)29-18-6-4-3-5-17(18)24-19(26)16-13-22-20(23-14-16)25-9-7-21(8-10-25)27-11-12-28-21/h3-6,13-15H,7-12H2,1-2H3,(H,24,26). The Morgan fingerprint density at radius 2 is 1.79 bits per heavy atom. The van der Waals surface area contributed by atoms with Crippen molar-refractivity contribution in [2.45, 2.75) is 38.6 Å². The van der Waals surface area contributed by atoms with Crippen molar-refractivity contribution in [2.24, 2.45) is 0 Å². The Kier molecular flexibility index (Phi) is 5.64. The smallest absolute Gasteiger partial charge is 0.258 e. The molecule has 0 radical (unpaired) electrons. The van der Waals surface area contributed by atoms with Crippen molar-refractivity contribution >= 4 is 17.5 Å². The third-order valence-corrected chi connectivity index (χ3v) is 5.02. The largest absolute Gasteiger partial charge is 0.489 e. The molecule has 29 heavy (non-hydrogen) atoms. The van der Waals surface area contributed by atoms with E-state index in [1.54, 1.807) is 12.4 Å². The summed E-state index contributed by atoms with van der Waals surface area (Å²) in [5, 5.41) is 2.87. The first kappa shape index (κ1) is 19.6. The lowest BCUT2D eigenvalue weighted by Gasteiger charge is -2.37. The molecule has 0 unspecified atom stereocenters. The molecule has 8 heteroatoms. The van der Waals surface area contributed by atoms with E-state index >= 15 is 0 Å². The lowest BCUT2D eigenvalue weighted by atomic mass is 10.0. The Labute approximate surface area is 170 Å². The maximum Gasteiger partial charge on any atom is 0.258 e. The summed E-state index contributed by atoms with van der Waals surface area (Å²) in [7, 11) is 0. The normalized spacial score (nSPS) is 18.2. The molecule has 2 fully saturated rings. The van der Waals surface area contributed by atoms with E-state index in [1.165, 1.54) is 0 Å². The van der Waals surface area contributed by atoms with Gasteiger partial charge in [0.2, 0.25) is 5.95 Å². The van der Waals surface area contributed by atoms with Crippen molar-refractivity contribution in [3.63, 3.8) is 0 Å². The molecule has 1 N–H and O–H groups in total. The highest BCUT2D eigenvalue weighted by Crippen LogP contribution is 2.32. The fourth-order valence-corrected chi connectivity index (χ4v) is 3.56. The van der Waals surface area contributed by atoms with Gasteiger partial charge in [0.05, 0.1) is 30.6 Å². The van der Waals surface area contributed by atoms with Crippen molar-refractivity contribution in [3.8, 4) is 5.75 Å². The second-order valence-corrected chi connectivity index (χ2v) is 7.48. The monoisotopic (exact) mass is 398 g/mol. The van der Waals surface area contributed by atoms with Crippen LogP contribution < -0.4 is 15.0 Å². The summed E-state index contributed by atoms with van der Waals surface area (Å²) in [6.07, 6.45) is 4.68. The van der Waals surface area contributed by atoms with Crippen LogP contribution in [-0.2, 0) is 9.47 Å². The molecule has 0 aliphatic carbocycles. The molecule has 0 atom stereocenters. The van der Waals surface area contributed by atoms with Gasteiger partial charge in [-0.05, 0) is 26.0 Å². The molecule has 2 aromatic rings. The molecule has 1 spiro atoms. The van der Waals surface area contributed by atoms with Crippen LogP contribution in [0.3, 0.4) is 0 Å². The molecular weight excluding hydrogens is 372 g/mol. The number of benzene rings is 1. The van der Waals surface area contributed by atoms with Crippen LogP contribution in [0.5, 0.6) is 5.75 Å². The van der Waals surface area contributed by atoms with Crippen LogP contribution in [0, 0.1) is 0 Å². The van der Waals surface area contributed by atoms with Gasteiger partial charge in [-0.2, -0.15) is 0 Å². The van der Waals surface area contributed by atoms with Crippen molar-refractivity contribution in [1.82, 2.24) is 9.97 Å². The molecule has 154 valence electrons. The average molecular weight is 398 g/mol. The molecule has 0 bridgehead atoms. The molecule has 1 amide bonds. The van der Waals surface area contributed by atoms with Crippen LogP contribution in [0.25, 0.3) is 0 Å². The number of hydrogen-bond acceptors (Lipinski definition) is 7. The van der Waals surface area contributed by atoms with E-state index in [1.807, 2.05) is 38.1 Å². The predicted molar refractivity (Wildman–Crippen MR) is 108 cm³/mol. The highest BCUT2D eigenvalue weighted by Gasteiger charge is 2.40. The molecule has 4 rings (SSSR count). The predicted octanol–water partition coefficient (Wildman–Crippen LogP) is 2.86. The van der Waals surface area contributed by atoms with Gasteiger partial charge in [0.25, 0.3) is 5.91 Å². The van der Waals surface area contributed by atoms with Crippen LogP contribution >= 0.6 is 0 Å². The number of nitrogens with zero attached hydrogens (tertiary/aromatic N) is 3. The van der Waals surface area contributed by atoms with Gasteiger partial charge in [-0.15, -0.1) is 0 Å². The van der Waals surface area contributed by atoms with Crippen LogP contribution in [0.1, 0.15) is 37.0 Å². The summed E-state index contributed by atoms with van der Waals surface area (Å²) in [5.41, 5.74) is 1.01. The van der Waals surface area contributed by atoms with Gasteiger partial charge in [0.15, 0.2) is 5.79 Å². The van der Waals surface area contributed by atoms with Crippen molar-refractivity contribution in [3.05, 3.63) is 42.2 Å². The summed E-state index contributed by atoms with van der Waals surface area (Å²) in [6, 6.07) is 7.36. The second-order valence-electron chi connectivity index (χ2n) is 7.48. The van der Waals surface area contributed by atoms with Gasteiger partial charge in [-0.3, -0.25) is 4.79 Å². The zero-order valence-electron chi connectivity index (χ0n) is 16.8. The first-order valence-corrected chi connectivity index (χ1v) is 9.97. The topological polar surface area (TPSA) is 85.8 Å². The van der Waals surface area contributed by atoms with E-state index in [2.05, 4.69) is 20.2 Å². The number of anilines is 2. The molecule has 2 aliphatic heterocycles. The Hall–Kier alpha value is -2.71. The number of ether oxygens (including phenoxy) is 3. The van der Waals surface area contributed by atoms with E-state index in [0.717, 1.165) is 25.9 Å². The van der Waals surface area contributed by atoms with Gasteiger partial charge in [-0.1, -0.05) is 12.1 Å². The third-order valence-electron chi connectivity index (χ3n) is 5.02. The van der Waals surface area contributed by atoms with E-state index in [-0.39, 0.29) is 12.0 Å². The maximum absolute atomic E-state index is 12.6. The van der Waals surface area contributed by atoms with Crippen molar-refractivity contribution in [2.75, 3.05) is 36.5 Å². The number of carbonyl (C=O) groups is 1. The Morgan fingerprint density at radius 1 is 1.14 bits per heavy atom. The number of hydrogen-bond donors (Lipinski definition) is 1. The van der Waals surface area contributed by atoms with Gasteiger partial charge >= 0.3 is 0 Å². The minimum Gasteiger partial charge on any atom is -0.489 e. The minimum absolute atomic E-state index is 0.0133. The van der Waals surface area contributed by atoms with E-state index < -0.39 is 5.79 Å². The number of carbonyl (C=O) groups excluding carboxylic acids is 1. The number of piperidine rings is 1. The summed E-state index contributed by atoms with van der Waals surface area (Å²) >= 11 is 0. The quantitative estimate of drug-likeness (QED) is 0.829. The second kappa shape index (κ2) is 8.34. The zero-order valence-corrected chi connectivity index (χ0v) is 16.8. The van der Waals surface area contributed by atoms with Gasteiger partial charge < -0.3 is 24.4 Å². The van der Waals surface area contributed by atoms with Gasteiger partial charge in [0, 0.05) is 38.3 Å². The van der Waals surface area contributed by atoms with Crippen LogP contribution in [-0.4, -0.2) is 54.1 Å². The SMILES string of the molecule is CC(C)Oc1ccccc1NC(=O)c1cnc(N2CCC3(CC2)OCCO3)nc1. The highest BCUT2D eigenvalue weighted by atomic mass is 16.7. The summed E-state index contributed by atoms with van der Waals surface area (Å²) in [4.78, 5) is 23.5. The lowest BCUT2D eigenvalue weighted by molar-refractivity contribution is -0.169. The van der Waals surface area contributed by atoms with Gasteiger partial charge in [0.1, 0.15) is 5.75 Å². The molecular formula is C21H26N4O4. The molecule has 3 heterocycles. The Balaban J connectivity index is 1.39. The fraction of sp³-hybridized carbons (Fsp3) is 0.476. The van der Waals surface area contributed by atoms with Crippen LogP contribution in [0.15, 0.2) is 36.7 Å². The zero-order chi connectivity index (χ0) is 20.3. The number of rotatable bonds is 5.